The molecule has 0 amide bonds. The lowest BCUT2D eigenvalue weighted by Crippen LogP contribution is -2.15. The van der Waals surface area contributed by atoms with Crippen molar-refractivity contribution in [2.24, 2.45) is 0 Å². The fourth-order valence-electron chi connectivity index (χ4n) is 2.56. The molecule has 0 bridgehead atoms. The molecule has 8 heteroatoms. The quantitative estimate of drug-likeness (QED) is 0.450. The number of rotatable bonds is 6. The monoisotopic (exact) mass is 419 g/mol. The van der Waals surface area contributed by atoms with Gasteiger partial charge in [0, 0.05) is 22.8 Å². The second kappa shape index (κ2) is 9.02. The lowest BCUT2D eigenvalue weighted by molar-refractivity contribution is -0.141. The summed E-state index contributed by atoms with van der Waals surface area (Å²) in [5.74, 6) is -0.827. The van der Waals surface area contributed by atoms with Crippen LogP contribution in [0.5, 0.6) is 0 Å². The van der Waals surface area contributed by atoms with Gasteiger partial charge in [-0.2, -0.15) is 13.2 Å². The smallest absolute Gasteiger partial charge is 0.416 e. The van der Waals surface area contributed by atoms with E-state index in [2.05, 4.69) is 4.98 Å². The van der Waals surface area contributed by atoms with Crippen LogP contribution in [0.1, 0.15) is 27.7 Å². The lowest BCUT2D eigenvalue weighted by Gasteiger charge is -2.15. The van der Waals surface area contributed by atoms with Gasteiger partial charge in [-0.15, -0.1) is 11.3 Å². The molecule has 0 aliphatic heterocycles. The van der Waals surface area contributed by atoms with Gasteiger partial charge in [-0.1, -0.05) is 24.3 Å². The number of halogens is 3. The number of aliphatic hydroxyl groups is 1. The van der Waals surface area contributed by atoms with Crippen LogP contribution in [0.25, 0.3) is 6.08 Å². The summed E-state index contributed by atoms with van der Waals surface area (Å²) in [5, 5.41) is 12.5. The number of alkyl halides is 3. The maximum absolute atomic E-state index is 12.8. The summed E-state index contributed by atoms with van der Waals surface area (Å²) in [4.78, 5) is 17.3. The van der Waals surface area contributed by atoms with E-state index in [1.807, 2.05) is 5.38 Å². The average molecular weight is 419 g/mol. The van der Waals surface area contributed by atoms with Gasteiger partial charge in [-0.25, -0.2) is 4.79 Å². The first-order valence-electron chi connectivity index (χ1n) is 8.51. The number of nitrogens with zero attached hydrogens (tertiary/aromatic N) is 1. The molecule has 0 spiro atoms. The third kappa shape index (κ3) is 5.52. The number of carbonyl (C=O) groups excluding carboxylic acids is 1. The minimum Gasteiger partial charge on any atom is -0.457 e. The standard InChI is InChI=1S/C21H16F3NO3S/c22-21(23,24)16-6-1-4-14(10-16)13-28-20(27)18(11-17-7-3-9-29-17)19(26)15-5-2-8-25-12-15/h1-12,19,26H,13H2/b18-11-. The molecule has 0 saturated carbocycles. The van der Waals surface area contributed by atoms with E-state index in [1.54, 1.807) is 24.3 Å². The van der Waals surface area contributed by atoms with Crippen molar-refractivity contribution in [3.63, 3.8) is 0 Å². The number of benzene rings is 1. The Morgan fingerprint density at radius 1 is 1.21 bits per heavy atom. The summed E-state index contributed by atoms with van der Waals surface area (Å²) in [5.41, 5.74) is -0.269. The topological polar surface area (TPSA) is 59.4 Å². The third-order valence-electron chi connectivity index (χ3n) is 4.00. The van der Waals surface area contributed by atoms with Crippen molar-refractivity contribution in [1.29, 1.82) is 0 Å². The number of carbonyl (C=O) groups is 1. The molecule has 1 atom stereocenters. The van der Waals surface area contributed by atoms with Crippen LogP contribution in [-0.2, 0) is 22.3 Å². The zero-order valence-corrected chi connectivity index (χ0v) is 15.8. The van der Waals surface area contributed by atoms with Gasteiger partial charge in [0.15, 0.2) is 0 Å². The van der Waals surface area contributed by atoms with Crippen LogP contribution < -0.4 is 0 Å². The summed E-state index contributed by atoms with van der Waals surface area (Å²) in [6.07, 6.45) is -1.32. The van der Waals surface area contributed by atoms with Gasteiger partial charge in [0.1, 0.15) is 12.7 Å². The molecule has 1 unspecified atom stereocenters. The highest BCUT2D eigenvalue weighted by Crippen LogP contribution is 2.30. The number of thiophene rings is 1. The third-order valence-corrected chi connectivity index (χ3v) is 4.81. The number of aromatic nitrogens is 1. The van der Waals surface area contributed by atoms with Crippen LogP contribution in [0.15, 0.2) is 71.9 Å². The predicted molar refractivity (Wildman–Crippen MR) is 103 cm³/mol. The molecule has 0 saturated heterocycles. The van der Waals surface area contributed by atoms with Crippen molar-refractivity contribution < 1.29 is 27.8 Å². The van der Waals surface area contributed by atoms with Crippen LogP contribution in [0, 0.1) is 0 Å². The minimum absolute atomic E-state index is 0.0348. The SMILES string of the molecule is O=C(OCc1cccc(C(F)(F)F)c1)/C(=C\c1cccs1)C(O)c1cccnc1. The molecule has 4 nitrogen and oxygen atoms in total. The second-order valence-corrected chi connectivity index (χ2v) is 7.06. The predicted octanol–water partition coefficient (Wildman–Crippen LogP) is 5.02. The molecule has 2 aromatic heterocycles. The van der Waals surface area contributed by atoms with Crippen molar-refractivity contribution in [1.82, 2.24) is 4.98 Å². The van der Waals surface area contributed by atoms with E-state index in [0.29, 0.717) is 5.56 Å². The van der Waals surface area contributed by atoms with Crippen LogP contribution in [0.3, 0.4) is 0 Å². The van der Waals surface area contributed by atoms with Gasteiger partial charge < -0.3 is 9.84 Å². The largest absolute Gasteiger partial charge is 0.457 e. The van der Waals surface area contributed by atoms with Gasteiger partial charge in [-0.05, 0) is 41.3 Å². The Kier molecular flexibility index (Phi) is 6.46. The molecule has 0 aliphatic carbocycles. The maximum Gasteiger partial charge on any atom is 0.416 e. The number of aliphatic hydroxyl groups excluding tert-OH is 1. The Balaban J connectivity index is 1.81. The minimum atomic E-state index is -4.49. The fourth-order valence-corrected chi connectivity index (χ4v) is 3.23. The molecule has 0 fully saturated rings. The van der Waals surface area contributed by atoms with Gasteiger partial charge in [0.25, 0.3) is 0 Å². The molecule has 150 valence electrons. The highest BCUT2D eigenvalue weighted by atomic mass is 32.1. The number of esters is 1. The molecule has 3 rings (SSSR count). The number of hydrogen-bond acceptors (Lipinski definition) is 5. The Bertz CT molecular complexity index is 986. The average Bonchev–Trinajstić information content (AvgIpc) is 3.23. The first kappa shape index (κ1) is 20.8. The summed E-state index contributed by atoms with van der Waals surface area (Å²) < 4.78 is 43.7. The Morgan fingerprint density at radius 2 is 2.03 bits per heavy atom. The van der Waals surface area contributed by atoms with Crippen LogP contribution >= 0.6 is 11.3 Å². The molecule has 29 heavy (non-hydrogen) atoms. The first-order valence-corrected chi connectivity index (χ1v) is 9.39. The van der Waals surface area contributed by atoms with Crippen LogP contribution in [0.2, 0.25) is 0 Å². The van der Waals surface area contributed by atoms with Crippen molar-refractivity contribution in [2.75, 3.05) is 0 Å². The summed E-state index contributed by atoms with van der Waals surface area (Å²) in [7, 11) is 0. The fraction of sp³-hybridized carbons (Fsp3) is 0.143. The zero-order valence-electron chi connectivity index (χ0n) is 15.0. The first-order chi connectivity index (χ1) is 13.8. The van der Waals surface area contributed by atoms with Gasteiger partial charge in [0.2, 0.25) is 0 Å². The molecule has 1 N–H and O–H groups in total. The van der Waals surface area contributed by atoms with E-state index in [0.717, 1.165) is 17.0 Å². The molecular weight excluding hydrogens is 403 g/mol. The lowest BCUT2D eigenvalue weighted by atomic mass is 10.0. The Morgan fingerprint density at radius 3 is 2.69 bits per heavy atom. The second-order valence-electron chi connectivity index (χ2n) is 6.08. The molecular formula is C21H16F3NO3S. The van der Waals surface area contributed by atoms with Crippen LogP contribution in [-0.4, -0.2) is 16.1 Å². The Hall–Kier alpha value is -2.97. The summed E-state index contributed by atoms with van der Waals surface area (Å²) in [6, 6.07) is 11.3. The maximum atomic E-state index is 12.8. The highest BCUT2D eigenvalue weighted by Gasteiger charge is 2.30. The van der Waals surface area contributed by atoms with Gasteiger partial charge in [0.05, 0.1) is 11.1 Å². The summed E-state index contributed by atoms with van der Waals surface area (Å²) in [6.45, 7) is -0.357. The van der Waals surface area contributed by atoms with E-state index < -0.39 is 23.8 Å². The molecule has 2 heterocycles. The van der Waals surface area contributed by atoms with E-state index >= 15 is 0 Å². The van der Waals surface area contributed by atoms with E-state index in [1.165, 1.54) is 41.9 Å². The van der Waals surface area contributed by atoms with E-state index in [4.69, 9.17) is 4.74 Å². The molecule has 1 aromatic carbocycles. The molecule has 0 radical (unpaired) electrons. The Labute approximate surface area is 168 Å². The molecule has 3 aromatic rings. The number of ether oxygens (including phenoxy) is 1. The number of hydrogen-bond donors (Lipinski definition) is 1. The van der Waals surface area contributed by atoms with Gasteiger partial charge in [-0.3, -0.25) is 4.98 Å². The number of pyridine rings is 1. The highest BCUT2D eigenvalue weighted by molar-refractivity contribution is 7.10. The summed E-state index contributed by atoms with van der Waals surface area (Å²) >= 11 is 1.36. The van der Waals surface area contributed by atoms with E-state index in [-0.39, 0.29) is 17.7 Å². The van der Waals surface area contributed by atoms with Crippen molar-refractivity contribution in [2.45, 2.75) is 18.9 Å². The zero-order chi connectivity index (χ0) is 20.9. The molecule has 0 aliphatic rings. The van der Waals surface area contributed by atoms with Gasteiger partial charge >= 0.3 is 12.1 Å². The van der Waals surface area contributed by atoms with Crippen molar-refractivity contribution >= 4 is 23.4 Å². The van der Waals surface area contributed by atoms with Crippen molar-refractivity contribution in [3.8, 4) is 0 Å². The van der Waals surface area contributed by atoms with Crippen molar-refractivity contribution in [3.05, 3.63) is 93.4 Å². The normalized spacial score (nSPS) is 13.2. The van der Waals surface area contributed by atoms with E-state index in [9.17, 15) is 23.1 Å². The van der Waals surface area contributed by atoms with Crippen LogP contribution in [0.4, 0.5) is 13.2 Å².